The van der Waals surface area contributed by atoms with Crippen LogP contribution in [-0.4, -0.2) is 48.6 Å². The maximum atomic E-state index is 11.8. The first-order valence-corrected chi connectivity index (χ1v) is 15.0. The fourth-order valence-electron chi connectivity index (χ4n) is 4.69. The van der Waals surface area contributed by atoms with E-state index in [1.165, 1.54) is 26.6 Å². The maximum Gasteiger partial charge on any atom is 0.305 e. The van der Waals surface area contributed by atoms with Crippen LogP contribution in [0.25, 0.3) is 18.2 Å². The molecule has 0 saturated carbocycles. The Balaban J connectivity index is 0.000000248. The third-order valence-electron chi connectivity index (χ3n) is 6.77. The molecular formula is C34H46N4O3S. The standard InChI is InChI=1S/C18H19N.C12H19N3OS.C4H8O2/c1-4-10-18-17(6-3)16(5-2)14-19(18)13-15-11-8-7-9-12-15;1-7(16)10-8-4-5-15-9(6-13-2)11(8)17-12(10)14-3;1-3(2)4(5)6/h4-12,14H,1-2,13H2,3H3;9,13-15H,4-6H2,1-3H3;3H,1-2H3,(H,5,6)/b17-6-,18-10+;;. The van der Waals surface area contributed by atoms with Gasteiger partial charge < -0.3 is 25.6 Å². The molecule has 0 bridgehead atoms. The van der Waals surface area contributed by atoms with Crippen molar-refractivity contribution >= 4 is 46.3 Å². The van der Waals surface area contributed by atoms with Crippen LogP contribution in [0.1, 0.15) is 65.7 Å². The molecule has 0 amide bonds. The SMILES string of the molecule is C=C/C=c1\c(=C/C)c(C=C)cn1Cc1ccccc1.CC(C)C(=O)O.CNCC1NCCc2c1sc(NC)c2C(C)=O. The summed E-state index contributed by atoms with van der Waals surface area (Å²) in [5.41, 5.74) is 4.59. The molecule has 4 rings (SSSR count). The number of Topliss-reactive ketones (excluding diaryl/α,β-unsaturated/α-hetero) is 1. The molecule has 3 aromatic rings. The van der Waals surface area contributed by atoms with Gasteiger partial charge in [-0.3, -0.25) is 9.59 Å². The van der Waals surface area contributed by atoms with Crippen molar-refractivity contribution in [1.82, 2.24) is 15.2 Å². The minimum absolute atomic E-state index is 0.164. The first-order valence-electron chi connectivity index (χ1n) is 14.2. The summed E-state index contributed by atoms with van der Waals surface area (Å²) in [5.74, 6) is -0.808. The number of carbonyl (C=O) groups excluding carboxylic acids is 1. The molecule has 8 heteroatoms. The van der Waals surface area contributed by atoms with E-state index in [4.69, 9.17) is 5.11 Å². The fourth-order valence-corrected chi connectivity index (χ4v) is 6.02. The summed E-state index contributed by atoms with van der Waals surface area (Å²) >= 11 is 1.70. The number of aliphatic carboxylic acids is 1. The molecule has 42 heavy (non-hydrogen) atoms. The Bertz CT molecular complexity index is 1470. The molecule has 1 aliphatic heterocycles. The fraction of sp³-hybridized carbons (Fsp3) is 0.353. The number of aromatic nitrogens is 1. The zero-order valence-corrected chi connectivity index (χ0v) is 26.6. The third kappa shape index (κ3) is 9.14. The zero-order chi connectivity index (χ0) is 31.2. The van der Waals surface area contributed by atoms with E-state index in [9.17, 15) is 9.59 Å². The maximum absolute atomic E-state index is 11.8. The summed E-state index contributed by atoms with van der Waals surface area (Å²) in [6.45, 7) is 17.4. The van der Waals surface area contributed by atoms with Crippen molar-refractivity contribution in [2.24, 2.45) is 5.92 Å². The van der Waals surface area contributed by atoms with Crippen LogP contribution >= 0.6 is 11.3 Å². The lowest BCUT2D eigenvalue weighted by atomic mass is 9.97. The summed E-state index contributed by atoms with van der Waals surface area (Å²) in [7, 11) is 3.83. The van der Waals surface area contributed by atoms with Crippen molar-refractivity contribution in [3.05, 3.63) is 93.5 Å². The number of hydrogen-bond acceptors (Lipinski definition) is 6. The predicted molar refractivity (Wildman–Crippen MR) is 179 cm³/mol. The van der Waals surface area contributed by atoms with Crippen LogP contribution in [0.3, 0.4) is 0 Å². The monoisotopic (exact) mass is 590 g/mol. The highest BCUT2D eigenvalue weighted by Gasteiger charge is 2.28. The minimum Gasteiger partial charge on any atom is -0.481 e. The molecule has 0 saturated heterocycles. The first kappa shape index (κ1) is 34.5. The predicted octanol–water partition coefficient (Wildman–Crippen LogP) is 5.07. The normalized spacial score (nSPS) is 14.7. The van der Waals surface area contributed by atoms with Crippen LogP contribution in [0.15, 0.2) is 55.8 Å². The summed E-state index contributed by atoms with van der Waals surface area (Å²) in [4.78, 5) is 22.8. The second-order valence-corrected chi connectivity index (χ2v) is 11.2. The van der Waals surface area contributed by atoms with E-state index < -0.39 is 5.97 Å². The molecule has 1 atom stereocenters. The number of carboxylic acid groups (broad SMARTS) is 1. The third-order valence-corrected chi connectivity index (χ3v) is 8.14. The van der Waals surface area contributed by atoms with Gasteiger partial charge in [0, 0.05) is 41.8 Å². The number of rotatable bonds is 9. The highest BCUT2D eigenvalue weighted by molar-refractivity contribution is 7.16. The van der Waals surface area contributed by atoms with E-state index in [2.05, 4.69) is 77.1 Å². The van der Waals surface area contributed by atoms with Gasteiger partial charge in [-0.05, 0) is 56.6 Å². The van der Waals surface area contributed by atoms with E-state index in [0.29, 0.717) is 6.04 Å². The summed E-state index contributed by atoms with van der Waals surface area (Å²) in [5, 5.41) is 21.2. The number of likely N-dealkylation sites (N-methyl/N-ethyl adjacent to an activating group) is 1. The van der Waals surface area contributed by atoms with Crippen LogP contribution in [0.4, 0.5) is 5.00 Å². The van der Waals surface area contributed by atoms with Gasteiger partial charge in [0.05, 0.1) is 22.5 Å². The molecule has 1 aromatic carbocycles. The van der Waals surface area contributed by atoms with E-state index in [1.807, 2.05) is 38.4 Å². The number of nitrogens with one attached hydrogen (secondary N) is 3. The second kappa shape index (κ2) is 17.3. The van der Waals surface area contributed by atoms with Crippen molar-refractivity contribution in [3.8, 4) is 0 Å². The molecule has 3 heterocycles. The van der Waals surface area contributed by atoms with Gasteiger partial charge in [-0.2, -0.15) is 0 Å². The van der Waals surface area contributed by atoms with Crippen LogP contribution < -0.4 is 26.5 Å². The van der Waals surface area contributed by atoms with Crippen LogP contribution in [0.2, 0.25) is 0 Å². The average molecular weight is 591 g/mol. The number of allylic oxidation sites excluding steroid dienone is 1. The number of carboxylic acids is 1. The number of thiophene rings is 1. The lowest BCUT2D eigenvalue weighted by Gasteiger charge is -2.24. The Kier molecular flexibility index (Phi) is 14.2. The highest BCUT2D eigenvalue weighted by atomic mass is 32.1. The van der Waals surface area contributed by atoms with Gasteiger partial charge in [-0.25, -0.2) is 0 Å². The van der Waals surface area contributed by atoms with Gasteiger partial charge >= 0.3 is 5.97 Å². The average Bonchev–Trinajstić information content (AvgIpc) is 3.53. The second-order valence-electron chi connectivity index (χ2n) is 10.2. The van der Waals surface area contributed by atoms with Crippen LogP contribution in [0, 0.1) is 5.92 Å². The van der Waals surface area contributed by atoms with Gasteiger partial charge in [0.15, 0.2) is 5.78 Å². The molecule has 0 radical (unpaired) electrons. The molecule has 226 valence electrons. The number of fused-ring (bicyclic) bond motifs is 1. The molecule has 4 N–H and O–H groups in total. The van der Waals surface area contributed by atoms with Crippen LogP contribution in [0.5, 0.6) is 0 Å². The van der Waals surface area contributed by atoms with Crippen molar-refractivity contribution in [2.75, 3.05) is 32.5 Å². The van der Waals surface area contributed by atoms with E-state index in [1.54, 1.807) is 32.1 Å². The lowest BCUT2D eigenvalue weighted by molar-refractivity contribution is -0.140. The molecule has 2 aromatic heterocycles. The Labute approximate surface area is 254 Å². The van der Waals surface area contributed by atoms with Gasteiger partial charge in [0.2, 0.25) is 0 Å². The number of nitrogens with zero attached hydrogens (tertiary/aromatic N) is 1. The summed E-state index contributed by atoms with van der Waals surface area (Å²) in [6, 6.07) is 10.8. The Hall–Kier alpha value is -3.72. The number of carbonyl (C=O) groups is 2. The Morgan fingerprint density at radius 1 is 1.21 bits per heavy atom. The van der Waals surface area contributed by atoms with Crippen molar-refractivity contribution in [2.45, 2.75) is 46.7 Å². The van der Waals surface area contributed by atoms with Gasteiger partial charge in [-0.1, -0.05) is 75.6 Å². The molecule has 0 fully saturated rings. The topological polar surface area (TPSA) is 95.4 Å². The van der Waals surface area contributed by atoms with E-state index in [0.717, 1.165) is 42.2 Å². The van der Waals surface area contributed by atoms with Crippen LogP contribution in [-0.2, 0) is 17.8 Å². The molecule has 1 aliphatic rings. The minimum atomic E-state index is -0.741. The number of benzene rings is 1. The van der Waals surface area contributed by atoms with Crippen molar-refractivity contribution in [3.63, 3.8) is 0 Å². The van der Waals surface area contributed by atoms with Gasteiger partial charge in [0.25, 0.3) is 0 Å². The highest BCUT2D eigenvalue weighted by Crippen LogP contribution is 2.39. The molecule has 0 spiro atoms. The molecule has 0 aliphatic carbocycles. The number of ketones is 1. The Morgan fingerprint density at radius 2 is 1.88 bits per heavy atom. The summed E-state index contributed by atoms with van der Waals surface area (Å²) < 4.78 is 2.24. The lowest BCUT2D eigenvalue weighted by Crippen LogP contribution is -2.35. The van der Waals surface area contributed by atoms with Gasteiger partial charge in [-0.15, -0.1) is 11.3 Å². The largest absolute Gasteiger partial charge is 0.481 e. The molecular weight excluding hydrogens is 544 g/mol. The van der Waals surface area contributed by atoms with Crippen molar-refractivity contribution in [1.29, 1.82) is 0 Å². The number of hydrogen-bond donors (Lipinski definition) is 4. The zero-order valence-electron chi connectivity index (χ0n) is 25.8. The van der Waals surface area contributed by atoms with Gasteiger partial charge in [0.1, 0.15) is 0 Å². The molecule has 1 unspecified atom stereocenters. The smallest absolute Gasteiger partial charge is 0.305 e. The van der Waals surface area contributed by atoms with Crippen molar-refractivity contribution < 1.29 is 14.7 Å². The summed E-state index contributed by atoms with van der Waals surface area (Å²) in [6.07, 6.45) is 11.0. The molecule has 7 nitrogen and oxygen atoms in total. The first-order chi connectivity index (χ1) is 20.1. The quantitative estimate of drug-likeness (QED) is 0.260. The Morgan fingerprint density at radius 3 is 2.38 bits per heavy atom. The van der Waals surface area contributed by atoms with E-state index in [-0.39, 0.29) is 11.7 Å². The number of anilines is 1. The van der Waals surface area contributed by atoms with E-state index >= 15 is 0 Å².